The maximum atomic E-state index is 11.4. The minimum Gasteiger partial charge on any atom is -0.466 e. The Hall–Kier alpha value is -1.55. The van der Waals surface area contributed by atoms with Gasteiger partial charge in [-0.15, -0.1) is 0 Å². The van der Waals surface area contributed by atoms with Crippen LogP contribution in [0.25, 0.3) is 0 Å². The van der Waals surface area contributed by atoms with Gasteiger partial charge in [0.25, 0.3) is 0 Å². The number of methoxy groups -OCH3 is 1. The van der Waals surface area contributed by atoms with Gasteiger partial charge in [0, 0.05) is 17.5 Å². The second-order valence-corrected chi connectivity index (χ2v) is 3.44. The van der Waals surface area contributed by atoms with Crippen LogP contribution in [0.2, 0.25) is 5.02 Å². The first kappa shape index (κ1) is 12.5. The fraction of sp³-hybridized carbons (Fsp3) is 0.273. The van der Waals surface area contributed by atoms with Crippen LogP contribution in [0.15, 0.2) is 24.3 Å². The van der Waals surface area contributed by atoms with E-state index in [0.717, 1.165) is 0 Å². The molecule has 5 heteroatoms. The van der Waals surface area contributed by atoms with Crippen LogP contribution in [0.3, 0.4) is 0 Å². The number of esters is 2. The molecule has 1 aromatic carbocycles. The van der Waals surface area contributed by atoms with Gasteiger partial charge in [-0.25, -0.2) is 4.79 Å². The maximum absolute atomic E-state index is 11.4. The molecule has 86 valence electrons. The maximum Gasteiger partial charge on any atom is 0.352 e. The van der Waals surface area contributed by atoms with Crippen LogP contribution < -0.4 is 0 Å². The van der Waals surface area contributed by atoms with Crippen molar-refractivity contribution in [1.82, 2.24) is 0 Å². The van der Waals surface area contributed by atoms with Crippen LogP contribution in [0.4, 0.5) is 0 Å². The fourth-order valence-corrected chi connectivity index (χ4v) is 1.43. The molecule has 1 rings (SSSR count). The zero-order valence-corrected chi connectivity index (χ0v) is 9.65. The summed E-state index contributed by atoms with van der Waals surface area (Å²) >= 11 is 5.90. The van der Waals surface area contributed by atoms with E-state index in [1.807, 2.05) is 0 Å². The van der Waals surface area contributed by atoms with Crippen molar-refractivity contribution in [3.8, 4) is 0 Å². The lowest BCUT2D eigenvalue weighted by molar-refractivity contribution is -0.165. The van der Waals surface area contributed by atoms with E-state index in [9.17, 15) is 9.59 Å². The molecule has 1 atom stereocenters. The molecular weight excluding hydrogens is 232 g/mol. The molecule has 0 aliphatic carbocycles. The Bertz CT molecular complexity index is 403. The van der Waals surface area contributed by atoms with E-state index in [0.29, 0.717) is 10.6 Å². The first-order chi connectivity index (χ1) is 7.56. The fourth-order valence-electron chi connectivity index (χ4n) is 1.20. The van der Waals surface area contributed by atoms with E-state index < -0.39 is 18.0 Å². The third-order valence-corrected chi connectivity index (χ3v) is 2.23. The van der Waals surface area contributed by atoms with Crippen molar-refractivity contribution < 1.29 is 19.1 Å². The van der Waals surface area contributed by atoms with Crippen LogP contribution in [0.5, 0.6) is 0 Å². The third-order valence-electron chi connectivity index (χ3n) is 1.89. The van der Waals surface area contributed by atoms with Crippen molar-refractivity contribution in [2.24, 2.45) is 0 Å². The first-order valence-corrected chi connectivity index (χ1v) is 4.93. The van der Waals surface area contributed by atoms with Crippen molar-refractivity contribution in [3.63, 3.8) is 0 Å². The van der Waals surface area contributed by atoms with Gasteiger partial charge in [0.2, 0.25) is 6.10 Å². The average Bonchev–Trinajstić information content (AvgIpc) is 2.26. The lowest BCUT2D eigenvalue weighted by Gasteiger charge is -2.15. The summed E-state index contributed by atoms with van der Waals surface area (Å²) < 4.78 is 9.42. The summed E-state index contributed by atoms with van der Waals surface area (Å²) in [6.07, 6.45) is -1.11. The zero-order valence-electron chi connectivity index (χ0n) is 8.90. The highest BCUT2D eigenvalue weighted by Gasteiger charge is 2.26. The predicted molar refractivity (Wildman–Crippen MR) is 58.0 cm³/mol. The van der Waals surface area contributed by atoms with E-state index in [1.54, 1.807) is 24.3 Å². The Morgan fingerprint density at radius 1 is 1.31 bits per heavy atom. The summed E-state index contributed by atoms with van der Waals surface area (Å²) in [7, 11) is 1.22. The molecule has 1 unspecified atom stereocenters. The van der Waals surface area contributed by atoms with Crippen molar-refractivity contribution in [1.29, 1.82) is 0 Å². The van der Waals surface area contributed by atoms with Crippen molar-refractivity contribution in [2.45, 2.75) is 13.0 Å². The Kier molecular flexibility index (Phi) is 4.31. The summed E-state index contributed by atoms with van der Waals surface area (Å²) in [6.45, 7) is 1.22. The van der Waals surface area contributed by atoms with Gasteiger partial charge in [-0.05, 0) is 6.07 Å². The van der Waals surface area contributed by atoms with Crippen LogP contribution in [-0.2, 0) is 19.1 Å². The Labute approximate surface area is 98.1 Å². The molecule has 0 N–H and O–H groups in total. The smallest absolute Gasteiger partial charge is 0.352 e. The van der Waals surface area contributed by atoms with E-state index in [4.69, 9.17) is 16.3 Å². The largest absolute Gasteiger partial charge is 0.466 e. The molecule has 16 heavy (non-hydrogen) atoms. The molecule has 4 nitrogen and oxygen atoms in total. The molecule has 0 saturated carbocycles. The van der Waals surface area contributed by atoms with Gasteiger partial charge in [-0.1, -0.05) is 29.8 Å². The average molecular weight is 243 g/mol. The summed E-state index contributed by atoms with van der Waals surface area (Å²) in [5.74, 6) is -1.24. The number of rotatable bonds is 3. The molecule has 1 aromatic rings. The lowest BCUT2D eigenvalue weighted by Crippen LogP contribution is -2.20. The molecule has 0 aliphatic heterocycles. The standard InChI is InChI=1S/C11H11ClO4/c1-7(13)16-10(11(14)15-2)8-5-3-4-6-9(8)12/h3-6,10H,1-2H3. The topological polar surface area (TPSA) is 52.6 Å². The summed E-state index contributed by atoms with van der Waals surface area (Å²) in [5, 5.41) is 0.346. The number of benzene rings is 1. The second-order valence-electron chi connectivity index (χ2n) is 3.03. The molecule has 0 amide bonds. The predicted octanol–water partition coefficient (Wildman–Crippen LogP) is 2.12. The van der Waals surface area contributed by atoms with Crippen LogP contribution in [0.1, 0.15) is 18.6 Å². The van der Waals surface area contributed by atoms with Gasteiger partial charge < -0.3 is 9.47 Å². The van der Waals surface area contributed by atoms with Crippen LogP contribution in [0, 0.1) is 0 Å². The van der Waals surface area contributed by atoms with Gasteiger partial charge in [-0.3, -0.25) is 4.79 Å². The first-order valence-electron chi connectivity index (χ1n) is 4.55. The lowest BCUT2D eigenvalue weighted by atomic mass is 10.1. The number of hydrogen-bond acceptors (Lipinski definition) is 4. The van der Waals surface area contributed by atoms with Crippen LogP contribution >= 0.6 is 11.6 Å². The van der Waals surface area contributed by atoms with Gasteiger partial charge in [0.05, 0.1) is 7.11 Å². The second kappa shape index (κ2) is 5.51. The molecule has 0 fully saturated rings. The highest BCUT2D eigenvalue weighted by molar-refractivity contribution is 6.31. The highest BCUT2D eigenvalue weighted by Crippen LogP contribution is 2.26. The molecule has 0 aromatic heterocycles. The summed E-state index contributed by atoms with van der Waals surface area (Å²) in [5.41, 5.74) is 0.409. The molecule has 0 aliphatic rings. The SMILES string of the molecule is COC(=O)C(OC(C)=O)c1ccccc1Cl. The Morgan fingerprint density at radius 2 is 1.94 bits per heavy atom. The zero-order chi connectivity index (χ0) is 12.1. The normalized spacial score (nSPS) is 11.7. The highest BCUT2D eigenvalue weighted by atomic mass is 35.5. The van der Waals surface area contributed by atoms with E-state index in [-0.39, 0.29) is 0 Å². The molecule has 0 spiro atoms. The monoisotopic (exact) mass is 242 g/mol. The summed E-state index contributed by atoms with van der Waals surface area (Å²) in [6, 6.07) is 6.62. The van der Waals surface area contributed by atoms with Gasteiger partial charge >= 0.3 is 11.9 Å². The molecule has 0 heterocycles. The van der Waals surface area contributed by atoms with Crippen molar-refractivity contribution in [3.05, 3.63) is 34.9 Å². The number of hydrogen-bond donors (Lipinski definition) is 0. The Balaban J connectivity index is 3.06. The molecular formula is C11H11ClO4. The molecule has 0 saturated heterocycles. The minimum absolute atomic E-state index is 0.346. The van der Waals surface area contributed by atoms with E-state index in [2.05, 4.69) is 4.74 Å². The van der Waals surface area contributed by atoms with Crippen molar-refractivity contribution >= 4 is 23.5 Å². The number of carbonyl (C=O) groups is 2. The van der Waals surface area contributed by atoms with Gasteiger partial charge in [0.1, 0.15) is 0 Å². The third kappa shape index (κ3) is 2.97. The summed E-state index contributed by atoms with van der Waals surface area (Å²) in [4.78, 5) is 22.3. The minimum atomic E-state index is -1.11. The quantitative estimate of drug-likeness (QED) is 0.762. The van der Waals surface area contributed by atoms with Gasteiger partial charge in [0.15, 0.2) is 0 Å². The van der Waals surface area contributed by atoms with Crippen molar-refractivity contribution in [2.75, 3.05) is 7.11 Å². The molecule has 0 radical (unpaired) electrons. The number of ether oxygens (including phenoxy) is 2. The van der Waals surface area contributed by atoms with Crippen LogP contribution in [-0.4, -0.2) is 19.0 Å². The van der Waals surface area contributed by atoms with E-state index >= 15 is 0 Å². The van der Waals surface area contributed by atoms with Gasteiger partial charge in [-0.2, -0.15) is 0 Å². The number of halogens is 1. The van der Waals surface area contributed by atoms with E-state index in [1.165, 1.54) is 14.0 Å². The number of carbonyl (C=O) groups excluding carboxylic acids is 2. The molecule has 0 bridgehead atoms. The Morgan fingerprint density at radius 3 is 2.44 bits per heavy atom.